The van der Waals surface area contributed by atoms with E-state index in [9.17, 15) is 9.18 Å². The lowest BCUT2D eigenvalue weighted by molar-refractivity contribution is -0.136. The number of anilines is 1. The Morgan fingerprint density at radius 1 is 1.10 bits per heavy atom. The summed E-state index contributed by atoms with van der Waals surface area (Å²) >= 11 is 0. The van der Waals surface area contributed by atoms with E-state index < -0.39 is 5.97 Å². The number of ether oxygens (including phenoxy) is 1. The Labute approximate surface area is 175 Å². The number of hydrogen-bond donors (Lipinski definition) is 3. The van der Waals surface area contributed by atoms with Gasteiger partial charge in [0.15, 0.2) is 0 Å². The van der Waals surface area contributed by atoms with Crippen LogP contribution in [0.2, 0.25) is 0 Å². The van der Waals surface area contributed by atoms with Crippen LogP contribution in [0.5, 0.6) is 5.75 Å². The highest BCUT2D eigenvalue weighted by Gasteiger charge is 2.12. The molecule has 156 valence electrons. The molecule has 6 heteroatoms. The van der Waals surface area contributed by atoms with Crippen molar-refractivity contribution >= 4 is 11.7 Å². The summed E-state index contributed by atoms with van der Waals surface area (Å²) in [5, 5.41) is 12.4. The van der Waals surface area contributed by atoms with Gasteiger partial charge in [-0.2, -0.15) is 0 Å². The second-order valence-corrected chi connectivity index (χ2v) is 6.90. The summed E-state index contributed by atoms with van der Waals surface area (Å²) in [5.74, 6) is -0.725. The number of carboxylic acid groups (broad SMARTS) is 1. The maximum absolute atomic E-state index is 14.8. The van der Waals surface area contributed by atoms with E-state index in [-0.39, 0.29) is 25.4 Å². The first kappa shape index (κ1) is 21.3. The summed E-state index contributed by atoms with van der Waals surface area (Å²) in [7, 11) is 0. The van der Waals surface area contributed by atoms with E-state index in [1.807, 2.05) is 25.1 Å². The maximum Gasteiger partial charge on any atom is 0.307 e. The lowest BCUT2D eigenvalue weighted by Crippen LogP contribution is -2.05. The average Bonchev–Trinajstić information content (AvgIpc) is 2.73. The van der Waals surface area contributed by atoms with Crippen LogP contribution in [0, 0.1) is 5.82 Å². The normalized spacial score (nSPS) is 10.6. The summed E-state index contributed by atoms with van der Waals surface area (Å²) in [6.45, 7) is 3.06. The van der Waals surface area contributed by atoms with Crippen molar-refractivity contribution in [3.63, 3.8) is 0 Å². The van der Waals surface area contributed by atoms with Crippen molar-refractivity contribution in [2.24, 2.45) is 5.73 Å². The molecule has 0 heterocycles. The minimum atomic E-state index is -0.919. The number of para-hydroxylation sites is 1. The molecule has 3 aromatic rings. The molecule has 0 aromatic heterocycles. The number of aliphatic carboxylic acids is 1. The number of carbonyl (C=O) groups is 1. The van der Waals surface area contributed by atoms with E-state index in [1.54, 1.807) is 42.5 Å². The first-order valence-corrected chi connectivity index (χ1v) is 9.80. The Hall–Kier alpha value is -3.38. The average molecular weight is 408 g/mol. The quantitative estimate of drug-likeness (QED) is 0.482. The molecule has 0 spiro atoms. The molecule has 0 saturated carbocycles. The second kappa shape index (κ2) is 9.89. The van der Waals surface area contributed by atoms with Crippen LogP contribution in [0.3, 0.4) is 0 Å². The fraction of sp³-hybridized carbons (Fsp3) is 0.208. The van der Waals surface area contributed by atoms with E-state index in [0.717, 1.165) is 23.4 Å². The van der Waals surface area contributed by atoms with Gasteiger partial charge in [0.05, 0.1) is 6.42 Å². The molecule has 30 heavy (non-hydrogen) atoms. The Morgan fingerprint density at radius 3 is 2.60 bits per heavy atom. The Morgan fingerprint density at radius 2 is 1.87 bits per heavy atom. The molecule has 0 atom stereocenters. The Kier molecular flexibility index (Phi) is 7.03. The highest BCUT2D eigenvalue weighted by atomic mass is 19.1. The molecule has 0 saturated heterocycles. The van der Waals surface area contributed by atoms with Crippen LogP contribution in [0.4, 0.5) is 10.1 Å². The van der Waals surface area contributed by atoms with Crippen molar-refractivity contribution in [1.29, 1.82) is 0 Å². The lowest BCUT2D eigenvalue weighted by Gasteiger charge is -2.14. The van der Waals surface area contributed by atoms with Crippen molar-refractivity contribution in [3.05, 3.63) is 83.2 Å². The van der Waals surface area contributed by atoms with Gasteiger partial charge in [-0.25, -0.2) is 4.39 Å². The monoisotopic (exact) mass is 408 g/mol. The first-order valence-electron chi connectivity index (χ1n) is 9.80. The maximum atomic E-state index is 14.8. The minimum absolute atomic E-state index is 0.115. The van der Waals surface area contributed by atoms with Crippen molar-refractivity contribution in [3.8, 4) is 16.9 Å². The second-order valence-electron chi connectivity index (χ2n) is 6.90. The van der Waals surface area contributed by atoms with E-state index in [4.69, 9.17) is 15.6 Å². The molecule has 5 nitrogen and oxygen atoms in total. The molecule has 0 aliphatic rings. The molecule has 3 rings (SSSR count). The van der Waals surface area contributed by atoms with Crippen LogP contribution in [-0.2, 0) is 24.4 Å². The molecule has 0 radical (unpaired) electrons. The zero-order valence-corrected chi connectivity index (χ0v) is 16.8. The van der Waals surface area contributed by atoms with E-state index in [2.05, 4.69) is 5.32 Å². The third kappa shape index (κ3) is 5.15. The van der Waals surface area contributed by atoms with E-state index in [1.165, 1.54) is 0 Å². The topological polar surface area (TPSA) is 84.6 Å². The van der Waals surface area contributed by atoms with Crippen LogP contribution < -0.4 is 15.8 Å². The molecule has 3 aromatic carbocycles. The first-order chi connectivity index (χ1) is 14.5. The zero-order chi connectivity index (χ0) is 21.5. The number of halogens is 1. The molecular weight excluding hydrogens is 383 g/mol. The van der Waals surface area contributed by atoms with Gasteiger partial charge in [-0.15, -0.1) is 0 Å². The number of rotatable bonds is 9. The molecule has 0 fully saturated rings. The van der Waals surface area contributed by atoms with Gasteiger partial charge in [-0.3, -0.25) is 4.79 Å². The zero-order valence-electron chi connectivity index (χ0n) is 16.8. The fourth-order valence-corrected chi connectivity index (χ4v) is 3.31. The molecule has 0 amide bonds. The molecule has 0 aliphatic heterocycles. The molecule has 0 bridgehead atoms. The number of carboxylic acids is 1. The molecular formula is C24H25FN2O3. The highest BCUT2D eigenvalue weighted by Crippen LogP contribution is 2.29. The van der Waals surface area contributed by atoms with Crippen molar-refractivity contribution < 1.29 is 19.0 Å². The number of hydrogen-bond acceptors (Lipinski definition) is 4. The van der Waals surface area contributed by atoms with Gasteiger partial charge >= 0.3 is 5.97 Å². The van der Waals surface area contributed by atoms with E-state index >= 15 is 0 Å². The molecule has 0 aliphatic carbocycles. The summed E-state index contributed by atoms with van der Waals surface area (Å²) in [4.78, 5) is 11.1. The number of nitrogens with one attached hydrogen (secondary N) is 1. The SMILES string of the molecule is CCNc1cc(COc2ccccc2CC(=O)O)cc(-c2cccc(CN)c2F)c1. The van der Waals surface area contributed by atoms with Crippen LogP contribution >= 0.6 is 0 Å². The van der Waals surface area contributed by atoms with Crippen molar-refractivity contribution in [2.45, 2.75) is 26.5 Å². The van der Waals surface area contributed by atoms with Gasteiger partial charge in [-0.1, -0.05) is 36.4 Å². The minimum Gasteiger partial charge on any atom is -0.489 e. The molecule has 0 unspecified atom stereocenters. The van der Waals surface area contributed by atoms with Crippen LogP contribution in [0.1, 0.15) is 23.6 Å². The van der Waals surface area contributed by atoms with Crippen molar-refractivity contribution in [1.82, 2.24) is 0 Å². The Bertz CT molecular complexity index is 1040. The summed E-state index contributed by atoms with van der Waals surface area (Å²) in [6.07, 6.45) is -0.115. The van der Waals surface area contributed by atoms with Crippen molar-refractivity contribution in [2.75, 3.05) is 11.9 Å². The van der Waals surface area contributed by atoms with Gasteiger partial charge < -0.3 is 20.9 Å². The van der Waals surface area contributed by atoms with E-state index in [0.29, 0.717) is 22.4 Å². The third-order valence-electron chi connectivity index (χ3n) is 4.69. The van der Waals surface area contributed by atoms with Gasteiger partial charge in [0.25, 0.3) is 0 Å². The standard InChI is InChI=1S/C24H25FN2O3/c1-2-27-20-11-16(15-30-22-9-4-3-6-17(22)13-23(28)29)10-19(12-20)21-8-5-7-18(14-26)24(21)25/h3-12,27H,2,13-15,26H2,1H3,(H,28,29). The van der Waals surface area contributed by atoms with Gasteiger partial charge in [0, 0.05) is 35.5 Å². The smallest absolute Gasteiger partial charge is 0.307 e. The summed E-state index contributed by atoms with van der Waals surface area (Å²) in [6, 6.07) is 18.0. The summed E-state index contributed by atoms with van der Waals surface area (Å²) < 4.78 is 20.8. The predicted octanol–water partition coefficient (Wildman–Crippen LogP) is 4.59. The van der Waals surface area contributed by atoms with Crippen LogP contribution in [0.15, 0.2) is 60.7 Å². The third-order valence-corrected chi connectivity index (χ3v) is 4.69. The lowest BCUT2D eigenvalue weighted by atomic mass is 9.99. The fourth-order valence-electron chi connectivity index (χ4n) is 3.31. The molecule has 4 N–H and O–H groups in total. The van der Waals surface area contributed by atoms with Gasteiger partial charge in [0.2, 0.25) is 0 Å². The van der Waals surface area contributed by atoms with Crippen LogP contribution in [-0.4, -0.2) is 17.6 Å². The van der Waals surface area contributed by atoms with Gasteiger partial charge in [-0.05, 0) is 42.3 Å². The largest absolute Gasteiger partial charge is 0.489 e. The number of benzene rings is 3. The van der Waals surface area contributed by atoms with Gasteiger partial charge in [0.1, 0.15) is 18.2 Å². The number of nitrogens with two attached hydrogens (primary N) is 1. The predicted molar refractivity (Wildman–Crippen MR) is 116 cm³/mol. The highest BCUT2D eigenvalue weighted by molar-refractivity contribution is 5.72. The Balaban J connectivity index is 1.92. The van der Waals surface area contributed by atoms with Crippen LogP contribution in [0.25, 0.3) is 11.1 Å². The summed E-state index contributed by atoms with van der Waals surface area (Å²) in [5.41, 5.74) is 9.61.